The van der Waals surface area contributed by atoms with E-state index in [1.165, 1.54) is 12.1 Å². The molecule has 0 unspecified atom stereocenters. The van der Waals surface area contributed by atoms with Crippen LogP contribution in [-0.4, -0.2) is 34.0 Å². The Hall–Kier alpha value is -3.16. The zero-order valence-electron chi connectivity index (χ0n) is 17.0. The Kier molecular flexibility index (Phi) is 5.80. The Bertz CT molecular complexity index is 1080. The highest BCUT2D eigenvalue weighted by molar-refractivity contribution is 5.94. The van der Waals surface area contributed by atoms with Gasteiger partial charge in [-0.3, -0.25) is 4.79 Å². The minimum absolute atomic E-state index is 0.0510. The Morgan fingerprint density at radius 2 is 2.00 bits per heavy atom. The second-order valence-electron chi connectivity index (χ2n) is 7.87. The van der Waals surface area contributed by atoms with E-state index >= 15 is 0 Å². The van der Waals surface area contributed by atoms with E-state index in [0.29, 0.717) is 31.2 Å². The zero-order valence-corrected chi connectivity index (χ0v) is 17.0. The largest absolute Gasteiger partial charge is 0.416 e. The Morgan fingerprint density at radius 3 is 2.77 bits per heavy atom. The van der Waals surface area contributed by atoms with Gasteiger partial charge in [0.15, 0.2) is 0 Å². The molecule has 1 aromatic heterocycles. The number of nitrogens with zero attached hydrogens (tertiary/aromatic N) is 3. The van der Waals surface area contributed by atoms with Crippen LogP contribution in [0.25, 0.3) is 11.4 Å². The number of hydrogen-bond acceptors (Lipinski definition) is 4. The predicted molar refractivity (Wildman–Crippen MR) is 108 cm³/mol. The molecule has 0 saturated carbocycles. The molecule has 31 heavy (non-hydrogen) atoms. The van der Waals surface area contributed by atoms with Crippen LogP contribution >= 0.6 is 0 Å². The summed E-state index contributed by atoms with van der Waals surface area (Å²) < 4.78 is 44.4. The van der Waals surface area contributed by atoms with Crippen molar-refractivity contribution in [3.63, 3.8) is 0 Å². The van der Waals surface area contributed by atoms with Crippen LogP contribution in [-0.2, 0) is 12.6 Å². The molecule has 0 N–H and O–H groups in total. The number of amides is 1. The molecule has 2 heterocycles. The molecule has 1 aliphatic rings. The van der Waals surface area contributed by atoms with Crippen LogP contribution in [0.15, 0.2) is 53.1 Å². The molecule has 1 amide bonds. The maximum Gasteiger partial charge on any atom is 0.416 e. The molecular formula is C23H22F3N3O2. The van der Waals surface area contributed by atoms with Crippen LogP contribution in [0.3, 0.4) is 0 Å². The van der Waals surface area contributed by atoms with Crippen molar-refractivity contribution < 1.29 is 22.5 Å². The molecule has 0 spiro atoms. The normalized spacial score (nSPS) is 17.0. The Balaban J connectivity index is 1.44. The first-order valence-electron chi connectivity index (χ1n) is 10.2. The van der Waals surface area contributed by atoms with Crippen LogP contribution in [0.5, 0.6) is 0 Å². The number of aryl methyl sites for hydroxylation is 1. The lowest BCUT2D eigenvalue weighted by atomic mass is 9.94. The lowest BCUT2D eigenvalue weighted by Crippen LogP contribution is -2.40. The molecule has 0 bridgehead atoms. The summed E-state index contributed by atoms with van der Waals surface area (Å²) in [6.45, 7) is 2.94. The topological polar surface area (TPSA) is 59.2 Å². The van der Waals surface area contributed by atoms with E-state index < -0.39 is 11.7 Å². The number of rotatable bonds is 4. The number of halogens is 3. The van der Waals surface area contributed by atoms with Crippen molar-refractivity contribution in [1.29, 1.82) is 0 Å². The minimum atomic E-state index is -4.48. The average Bonchev–Trinajstić information content (AvgIpc) is 3.21. The first kappa shape index (κ1) is 21.1. The van der Waals surface area contributed by atoms with Gasteiger partial charge in [-0.1, -0.05) is 35.5 Å². The summed E-state index contributed by atoms with van der Waals surface area (Å²) in [5.74, 6) is 0.744. The van der Waals surface area contributed by atoms with Gasteiger partial charge in [0.2, 0.25) is 11.7 Å². The van der Waals surface area contributed by atoms with Crippen molar-refractivity contribution in [3.8, 4) is 11.4 Å². The molecule has 0 radical (unpaired) electrons. The highest BCUT2D eigenvalue weighted by Gasteiger charge is 2.32. The second-order valence-corrected chi connectivity index (χ2v) is 7.87. The van der Waals surface area contributed by atoms with Crippen molar-refractivity contribution in [1.82, 2.24) is 15.0 Å². The second kappa shape index (κ2) is 8.53. The summed E-state index contributed by atoms with van der Waals surface area (Å²) in [6, 6.07) is 12.3. The lowest BCUT2D eigenvalue weighted by Gasteiger charge is -2.32. The number of likely N-dealkylation sites (tertiary alicyclic amines) is 1. The van der Waals surface area contributed by atoms with Crippen LogP contribution in [0.1, 0.15) is 40.2 Å². The fourth-order valence-electron chi connectivity index (χ4n) is 3.95. The third-order valence-corrected chi connectivity index (χ3v) is 5.56. The van der Waals surface area contributed by atoms with E-state index in [4.69, 9.17) is 4.52 Å². The predicted octanol–water partition coefficient (Wildman–Crippen LogP) is 5.16. The van der Waals surface area contributed by atoms with Crippen molar-refractivity contribution in [2.24, 2.45) is 5.92 Å². The first-order valence-corrected chi connectivity index (χ1v) is 10.2. The molecule has 2 aromatic carbocycles. The maximum absolute atomic E-state index is 13.0. The van der Waals surface area contributed by atoms with Gasteiger partial charge in [-0.2, -0.15) is 18.2 Å². The molecule has 0 aliphatic carbocycles. The molecule has 3 aromatic rings. The molecule has 1 saturated heterocycles. The van der Waals surface area contributed by atoms with E-state index in [1.54, 1.807) is 4.90 Å². The van der Waals surface area contributed by atoms with Crippen LogP contribution in [0.2, 0.25) is 0 Å². The maximum atomic E-state index is 13.0. The van der Waals surface area contributed by atoms with Gasteiger partial charge in [0.1, 0.15) is 0 Å². The van der Waals surface area contributed by atoms with Crippen LogP contribution < -0.4 is 0 Å². The zero-order chi connectivity index (χ0) is 22.0. The smallest absolute Gasteiger partial charge is 0.339 e. The van der Waals surface area contributed by atoms with E-state index in [-0.39, 0.29) is 17.4 Å². The molecule has 162 valence electrons. The van der Waals surface area contributed by atoms with Crippen molar-refractivity contribution in [2.45, 2.75) is 32.4 Å². The summed E-state index contributed by atoms with van der Waals surface area (Å²) >= 11 is 0. The van der Waals surface area contributed by atoms with Gasteiger partial charge in [-0.05, 0) is 49.4 Å². The van der Waals surface area contributed by atoms with Crippen LogP contribution in [0.4, 0.5) is 13.2 Å². The summed E-state index contributed by atoms with van der Waals surface area (Å²) in [4.78, 5) is 18.9. The SMILES string of the molecule is Cc1ccccc1-c1noc(C[C@H]2CCCN(C(=O)c3cccc(C(F)(F)F)c3)C2)n1. The van der Waals surface area contributed by atoms with E-state index in [0.717, 1.165) is 36.1 Å². The summed E-state index contributed by atoms with van der Waals surface area (Å²) in [6.07, 6.45) is -2.30. The molecule has 1 aliphatic heterocycles. The fraction of sp³-hybridized carbons (Fsp3) is 0.348. The molecule has 5 nitrogen and oxygen atoms in total. The lowest BCUT2D eigenvalue weighted by molar-refractivity contribution is -0.137. The number of carbonyl (C=O) groups excluding carboxylic acids is 1. The van der Waals surface area contributed by atoms with E-state index in [9.17, 15) is 18.0 Å². The van der Waals surface area contributed by atoms with Crippen molar-refractivity contribution in [3.05, 3.63) is 71.1 Å². The van der Waals surface area contributed by atoms with Gasteiger partial charge >= 0.3 is 6.18 Å². The highest BCUT2D eigenvalue weighted by Crippen LogP contribution is 2.30. The first-order chi connectivity index (χ1) is 14.8. The van der Waals surface area contributed by atoms with E-state index in [1.807, 2.05) is 31.2 Å². The third-order valence-electron chi connectivity index (χ3n) is 5.56. The monoisotopic (exact) mass is 429 g/mol. The molecule has 1 fully saturated rings. The average molecular weight is 429 g/mol. The van der Waals surface area contributed by atoms with Crippen LogP contribution in [0, 0.1) is 12.8 Å². The molecule has 1 atom stereocenters. The van der Waals surface area contributed by atoms with Crippen molar-refractivity contribution in [2.75, 3.05) is 13.1 Å². The van der Waals surface area contributed by atoms with Gasteiger partial charge in [-0.25, -0.2) is 0 Å². The highest BCUT2D eigenvalue weighted by atomic mass is 19.4. The number of carbonyl (C=O) groups is 1. The van der Waals surface area contributed by atoms with Gasteiger partial charge in [0.25, 0.3) is 5.91 Å². The summed E-state index contributed by atoms with van der Waals surface area (Å²) in [5, 5.41) is 4.07. The van der Waals surface area contributed by atoms with Crippen molar-refractivity contribution >= 4 is 5.91 Å². The summed E-state index contributed by atoms with van der Waals surface area (Å²) in [5.41, 5.74) is 1.18. The third kappa shape index (κ3) is 4.78. The molecular weight excluding hydrogens is 407 g/mol. The fourth-order valence-corrected chi connectivity index (χ4v) is 3.95. The van der Waals surface area contributed by atoms with Gasteiger partial charge in [0, 0.05) is 30.6 Å². The Morgan fingerprint density at radius 1 is 1.19 bits per heavy atom. The summed E-state index contributed by atoms with van der Waals surface area (Å²) in [7, 11) is 0. The number of piperidine rings is 1. The quantitative estimate of drug-likeness (QED) is 0.575. The van der Waals surface area contributed by atoms with Gasteiger partial charge in [0.05, 0.1) is 5.56 Å². The number of benzene rings is 2. The Labute approximate surface area is 177 Å². The molecule has 4 rings (SSSR count). The van der Waals surface area contributed by atoms with Gasteiger partial charge < -0.3 is 9.42 Å². The number of alkyl halides is 3. The standard InChI is InChI=1S/C23H22F3N3O2/c1-15-6-2-3-10-19(15)21-27-20(31-28-21)12-16-7-5-11-29(14-16)22(30)17-8-4-9-18(13-17)23(24,25)26/h2-4,6,8-10,13,16H,5,7,11-12,14H2,1H3/t16-/m1/s1. The minimum Gasteiger partial charge on any atom is -0.339 e. The number of hydrogen-bond donors (Lipinski definition) is 0. The van der Waals surface area contributed by atoms with E-state index in [2.05, 4.69) is 10.1 Å². The van der Waals surface area contributed by atoms with Gasteiger partial charge in [-0.15, -0.1) is 0 Å². The number of aromatic nitrogens is 2. The molecule has 8 heteroatoms.